The van der Waals surface area contributed by atoms with Crippen molar-refractivity contribution in [1.29, 1.82) is 0 Å². The molecule has 6 heteroatoms. The van der Waals surface area contributed by atoms with Crippen molar-refractivity contribution in [3.05, 3.63) is 35.6 Å². The summed E-state index contributed by atoms with van der Waals surface area (Å²) in [6, 6.07) is 3.68. The molecule has 0 saturated carbocycles. The third-order valence-electron chi connectivity index (χ3n) is 2.57. The lowest BCUT2D eigenvalue weighted by Crippen LogP contribution is -1.96. The predicted octanol–water partition coefficient (Wildman–Crippen LogP) is 1.59. The SMILES string of the molecule is COc1ccc(Cc2noc(CCC(C)=O)n2)cn1. The number of hydrogen-bond donors (Lipinski definition) is 0. The van der Waals surface area contributed by atoms with Crippen LogP contribution in [-0.4, -0.2) is 28.0 Å². The second-order valence-electron chi connectivity index (χ2n) is 4.19. The smallest absolute Gasteiger partial charge is 0.227 e. The van der Waals surface area contributed by atoms with Gasteiger partial charge in [0.05, 0.1) is 7.11 Å². The highest BCUT2D eigenvalue weighted by Gasteiger charge is 2.08. The second-order valence-corrected chi connectivity index (χ2v) is 4.19. The average Bonchev–Trinajstić information content (AvgIpc) is 2.85. The monoisotopic (exact) mass is 261 g/mol. The molecule has 0 aliphatic heterocycles. The standard InChI is InChI=1S/C13H15N3O3/c1-9(17)3-5-13-15-11(16-19-13)7-10-4-6-12(18-2)14-8-10/h4,6,8H,3,5,7H2,1-2H3. The van der Waals surface area contributed by atoms with Gasteiger partial charge in [-0.15, -0.1) is 0 Å². The number of methoxy groups -OCH3 is 1. The highest BCUT2D eigenvalue weighted by Crippen LogP contribution is 2.10. The van der Waals surface area contributed by atoms with Gasteiger partial charge in [0.2, 0.25) is 11.8 Å². The van der Waals surface area contributed by atoms with Gasteiger partial charge in [-0.3, -0.25) is 0 Å². The van der Waals surface area contributed by atoms with E-state index >= 15 is 0 Å². The first-order valence-electron chi connectivity index (χ1n) is 5.97. The molecule has 2 heterocycles. The van der Waals surface area contributed by atoms with Gasteiger partial charge in [-0.05, 0) is 12.5 Å². The Balaban J connectivity index is 1.96. The highest BCUT2D eigenvalue weighted by molar-refractivity contribution is 5.75. The van der Waals surface area contributed by atoms with Gasteiger partial charge in [0.1, 0.15) is 5.78 Å². The van der Waals surface area contributed by atoms with E-state index in [9.17, 15) is 4.79 Å². The van der Waals surface area contributed by atoms with E-state index in [1.54, 1.807) is 26.3 Å². The van der Waals surface area contributed by atoms with Gasteiger partial charge < -0.3 is 14.1 Å². The van der Waals surface area contributed by atoms with Crippen LogP contribution in [-0.2, 0) is 17.6 Å². The van der Waals surface area contributed by atoms with Crippen molar-refractivity contribution in [2.75, 3.05) is 7.11 Å². The lowest BCUT2D eigenvalue weighted by Gasteiger charge is -1.99. The van der Waals surface area contributed by atoms with Gasteiger partial charge in [-0.2, -0.15) is 4.98 Å². The molecule has 2 aromatic rings. The van der Waals surface area contributed by atoms with E-state index in [1.165, 1.54) is 0 Å². The number of nitrogens with zero attached hydrogens (tertiary/aromatic N) is 3. The maximum absolute atomic E-state index is 10.9. The lowest BCUT2D eigenvalue weighted by atomic mass is 10.2. The zero-order valence-electron chi connectivity index (χ0n) is 10.9. The molecule has 2 rings (SSSR count). The van der Waals surface area contributed by atoms with Crippen LogP contribution in [0.3, 0.4) is 0 Å². The van der Waals surface area contributed by atoms with E-state index in [0.29, 0.717) is 36.9 Å². The first-order valence-corrected chi connectivity index (χ1v) is 5.97. The number of hydrogen-bond acceptors (Lipinski definition) is 6. The molecule has 0 spiro atoms. The van der Waals surface area contributed by atoms with Crippen molar-refractivity contribution in [3.8, 4) is 5.88 Å². The van der Waals surface area contributed by atoms with Crippen molar-refractivity contribution in [3.63, 3.8) is 0 Å². The van der Waals surface area contributed by atoms with Gasteiger partial charge in [0, 0.05) is 31.5 Å². The maximum atomic E-state index is 10.9. The second kappa shape index (κ2) is 6.08. The Kier molecular flexibility index (Phi) is 4.22. The van der Waals surface area contributed by atoms with Crippen LogP contribution < -0.4 is 4.74 Å². The maximum Gasteiger partial charge on any atom is 0.227 e. The molecule has 0 saturated heterocycles. The minimum absolute atomic E-state index is 0.110. The molecule has 0 amide bonds. The van der Waals surface area contributed by atoms with Crippen LogP contribution in [0.15, 0.2) is 22.9 Å². The van der Waals surface area contributed by atoms with Gasteiger partial charge in [-0.1, -0.05) is 11.2 Å². The highest BCUT2D eigenvalue weighted by atomic mass is 16.5. The van der Waals surface area contributed by atoms with Gasteiger partial charge >= 0.3 is 0 Å². The number of ketones is 1. The third kappa shape index (κ3) is 3.87. The molecule has 0 unspecified atom stereocenters. The largest absolute Gasteiger partial charge is 0.481 e. The van der Waals surface area contributed by atoms with Crippen molar-refractivity contribution in [2.24, 2.45) is 0 Å². The molecule has 0 N–H and O–H groups in total. The van der Waals surface area contributed by atoms with E-state index < -0.39 is 0 Å². The Hall–Kier alpha value is -2.24. The zero-order chi connectivity index (χ0) is 13.7. The molecule has 0 fully saturated rings. The molecule has 6 nitrogen and oxygen atoms in total. The van der Waals surface area contributed by atoms with Gasteiger partial charge in [0.15, 0.2) is 5.82 Å². The van der Waals surface area contributed by atoms with E-state index in [2.05, 4.69) is 15.1 Å². The topological polar surface area (TPSA) is 78.1 Å². The summed E-state index contributed by atoms with van der Waals surface area (Å²) in [5.74, 6) is 1.76. The Labute approximate surface area is 110 Å². The van der Waals surface area contributed by atoms with Crippen LogP contribution in [0.4, 0.5) is 0 Å². The Morgan fingerprint density at radius 1 is 1.42 bits per heavy atom. The van der Waals surface area contributed by atoms with Crippen molar-refractivity contribution < 1.29 is 14.1 Å². The summed E-state index contributed by atoms with van der Waals surface area (Å²) in [6.07, 6.45) is 3.17. The van der Waals surface area contributed by atoms with Crippen LogP contribution in [0.2, 0.25) is 0 Å². The Bertz CT molecular complexity index is 549. The Morgan fingerprint density at radius 3 is 2.89 bits per heavy atom. The minimum Gasteiger partial charge on any atom is -0.481 e. The number of pyridine rings is 1. The predicted molar refractivity (Wildman–Crippen MR) is 66.9 cm³/mol. The number of Topliss-reactive ketones (excluding diaryl/α,β-unsaturated/α-hetero) is 1. The summed E-state index contributed by atoms with van der Waals surface area (Å²) in [6.45, 7) is 1.54. The average molecular weight is 261 g/mol. The molecule has 100 valence electrons. The first kappa shape index (κ1) is 13.2. The lowest BCUT2D eigenvalue weighted by molar-refractivity contribution is -0.117. The Morgan fingerprint density at radius 2 is 2.26 bits per heavy atom. The normalized spacial score (nSPS) is 10.4. The first-order chi connectivity index (χ1) is 9.17. The van der Waals surface area contributed by atoms with Crippen LogP contribution >= 0.6 is 0 Å². The van der Waals surface area contributed by atoms with Crippen LogP contribution in [0, 0.1) is 0 Å². The number of rotatable bonds is 6. The van der Waals surface area contributed by atoms with Crippen LogP contribution in [0.1, 0.15) is 30.6 Å². The van der Waals surface area contributed by atoms with Gasteiger partial charge in [-0.25, -0.2) is 4.98 Å². The molecule has 0 aromatic carbocycles. The van der Waals surface area contributed by atoms with Crippen molar-refractivity contribution >= 4 is 5.78 Å². The van der Waals surface area contributed by atoms with Crippen molar-refractivity contribution in [1.82, 2.24) is 15.1 Å². The number of carbonyl (C=O) groups is 1. The molecule has 0 bridgehead atoms. The molecular weight excluding hydrogens is 246 g/mol. The fourth-order valence-corrected chi connectivity index (χ4v) is 1.57. The number of carbonyl (C=O) groups excluding carboxylic acids is 1. The molecule has 2 aromatic heterocycles. The van der Waals surface area contributed by atoms with E-state index in [4.69, 9.17) is 9.26 Å². The molecule has 0 aliphatic carbocycles. The molecule has 19 heavy (non-hydrogen) atoms. The van der Waals surface area contributed by atoms with E-state index in [0.717, 1.165) is 5.56 Å². The minimum atomic E-state index is 0.110. The summed E-state index contributed by atoms with van der Waals surface area (Å²) < 4.78 is 10.1. The zero-order valence-corrected chi connectivity index (χ0v) is 10.9. The van der Waals surface area contributed by atoms with Crippen molar-refractivity contribution in [2.45, 2.75) is 26.2 Å². The number of aromatic nitrogens is 3. The number of aryl methyl sites for hydroxylation is 1. The summed E-state index contributed by atoms with van der Waals surface area (Å²) in [7, 11) is 1.57. The quantitative estimate of drug-likeness (QED) is 0.785. The van der Waals surface area contributed by atoms with E-state index in [1.807, 2.05) is 6.07 Å². The molecular formula is C13H15N3O3. The molecule has 0 radical (unpaired) electrons. The van der Waals surface area contributed by atoms with Crippen LogP contribution in [0.5, 0.6) is 5.88 Å². The summed E-state index contributed by atoms with van der Waals surface area (Å²) in [4.78, 5) is 19.2. The fraction of sp³-hybridized carbons (Fsp3) is 0.385. The summed E-state index contributed by atoms with van der Waals surface area (Å²) in [5, 5.41) is 3.88. The molecule has 0 atom stereocenters. The third-order valence-corrected chi connectivity index (χ3v) is 2.57. The summed E-state index contributed by atoms with van der Waals surface area (Å²) >= 11 is 0. The van der Waals surface area contributed by atoms with Crippen LogP contribution in [0.25, 0.3) is 0 Å². The number of ether oxygens (including phenoxy) is 1. The summed E-state index contributed by atoms with van der Waals surface area (Å²) in [5.41, 5.74) is 0.972. The molecule has 0 aliphatic rings. The fourth-order valence-electron chi connectivity index (χ4n) is 1.57. The van der Waals surface area contributed by atoms with Gasteiger partial charge in [0.25, 0.3) is 0 Å². The van der Waals surface area contributed by atoms with E-state index in [-0.39, 0.29) is 5.78 Å².